The molecule has 1 saturated heterocycles. The van der Waals surface area contributed by atoms with Crippen LogP contribution < -0.4 is 0 Å². The lowest BCUT2D eigenvalue weighted by Gasteiger charge is -2.07. The number of nitrogens with zero attached hydrogens (tertiary/aromatic N) is 5. The minimum atomic E-state index is -0.433. The molecule has 0 saturated carbocycles. The Kier molecular flexibility index (Phi) is 2.49. The maximum absolute atomic E-state index is 11.7. The third kappa shape index (κ3) is 1.82. The Balaban J connectivity index is 2.06. The van der Waals surface area contributed by atoms with E-state index in [1.54, 1.807) is 12.3 Å². The van der Waals surface area contributed by atoms with E-state index in [-0.39, 0.29) is 6.10 Å². The van der Waals surface area contributed by atoms with Gasteiger partial charge in [-0.2, -0.15) is 4.68 Å². The number of rotatable bonds is 3. The molecule has 0 radical (unpaired) electrons. The van der Waals surface area contributed by atoms with Crippen molar-refractivity contribution in [2.24, 2.45) is 0 Å². The summed E-state index contributed by atoms with van der Waals surface area (Å²) in [6, 6.07) is 1.58. The van der Waals surface area contributed by atoms with Crippen LogP contribution in [0.2, 0.25) is 0 Å². The smallest absolute Gasteiger partial charge is 0.338 e. The van der Waals surface area contributed by atoms with Crippen LogP contribution in [-0.2, 0) is 9.47 Å². The molecule has 18 heavy (non-hydrogen) atoms. The van der Waals surface area contributed by atoms with Crippen LogP contribution in [0.4, 0.5) is 0 Å². The van der Waals surface area contributed by atoms with Crippen LogP contribution in [0.5, 0.6) is 0 Å². The summed E-state index contributed by atoms with van der Waals surface area (Å²) in [5.41, 5.74) is 1.14. The van der Waals surface area contributed by atoms with Crippen molar-refractivity contribution in [2.75, 3.05) is 13.7 Å². The molecule has 1 atom stereocenters. The van der Waals surface area contributed by atoms with Gasteiger partial charge in [-0.05, 0) is 16.5 Å². The molecule has 0 spiro atoms. The molecule has 8 heteroatoms. The normalized spacial score (nSPS) is 17.5. The van der Waals surface area contributed by atoms with Gasteiger partial charge in [0.2, 0.25) is 0 Å². The highest BCUT2D eigenvalue weighted by atomic mass is 16.6. The van der Waals surface area contributed by atoms with E-state index in [9.17, 15) is 4.79 Å². The van der Waals surface area contributed by atoms with Crippen LogP contribution in [0.15, 0.2) is 18.6 Å². The van der Waals surface area contributed by atoms with Crippen molar-refractivity contribution in [3.63, 3.8) is 0 Å². The lowest BCUT2D eigenvalue weighted by molar-refractivity contribution is 0.0598. The molecule has 92 valence electrons. The largest absolute Gasteiger partial charge is 0.465 e. The number of hydrogen-bond donors (Lipinski definition) is 0. The summed E-state index contributed by atoms with van der Waals surface area (Å²) in [7, 11) is 1.33. The van der Waals surface area contributed by atoms with Crippen LogP contribution in [0.1, 0.15) is 22.0 Å². The van der Waals surface area contributed by atoms with Crippen LogP contribution >= 0.6 is 0 Å². The zero-order valence-electron chi connectivity index (χ0n) is 9.48. The minimum absolute atomic E-state index is 0.0745. The standard InChI is InChI=1S/C10H9N5O3/c1-17-10(16)6-2-9(15-5-12-13-14-15)11-3-7(6)8-4-18-8/h2-3,5,8H,4H2,1H3. The topological polar surface area (TPSA) is 95.3 Å². The van der Waals surface area contributed by atoms with Gasteiger partial charge in [-0.3, -0.25) is 0 Å². The molecule has 8 nitrogen and oxygen atoms in total. The summed E-state index contributed by atoms with van der Waals surface area (Å²) in [5.74, 6) is 0.0158. The van der Waals surface area contributed by atoms with E-state index in [4.69, 9.17) is 9.47 Å². The van der Waals surface area contributed by atoms with Crippen molar-refractivity contribution >= 4 is 5.97 Å². The number of pyridine rings is 1. The number of hydrogen-bond acceptors (Lipinski definition) is 7. The molecule has 2 aromatic rings. The van der Waals surface area contributed by atoms with Gasteiger partial charge >= 0.3 is 5.97 Å². The van der Waals surface area contributed by atoms with E-state index < -0.39 is 5.97 Å². The fourth-order valence-electron chi connectivity index (χ4n) is 1.62. The Labute approximate surface area is 102 Å². The van der Waals surface area contributed by atoms with Gasteiger partial charge in [0, 0.05) is 11.8 Å². The van der Waals surface area contributed by atoms with Crippen LogP contribution in [0, 0.1) is 0 Å². The molecule has 2 aromatic heterocycles. The molecule has 0 aromatic carbocycles. The summed E-state index contributed by atoms with van der Waals surface area (Å²) in [5, 5.41) is 10.7. The first kappa shape index (κ1) is 10.8. The summed E-state index contributed by atoms with van der Waals surface area (Å²) in [6.45, 7) is 0.593. The number of epoxide rings is 1. The van der Waals surface area contributed by atoms with Crippen molar-refractivity contribution < 1.29 is 14.3 Å². The molecular formula is C10H9N5O3. The van der Waals surface area contributed by atoms with Crippen LogP contribution in [0.3, 0.4) is 0 Å². The third-order valence-corrected chi connectivity index (χ3v) is 2.59. The molecule has 0 bridgehead atoms. The Morgan fingerprint density at radius 3 is 3.06 bits per heavy atom. The van der Waals surface area contributed by atoms with Crippen LogP contribution in [0.25, 0.3) is 5.82 Å². The number of carbonyl (C=O) groups is 1. The van der Waals surface area contributed by atoms with E-state index in [0.717, 1.165) is 5.56 Å². The average Bonchev–Trinajstić information content (AvgIpc) is 3.11. The fraction of sp³-hybridized carbons (Fsp3) is 0.300. The zero-order chi connectivity index (χ0) is 12.5. The predicted molar refractivity (Wildman–Crippen MR) is 57.0 cm³/mol. The minimum Gasteiger partial charge on any atom is -0.465 e. The van der Waals surface area contributed by atoms with Gasteiger partial charge in [-0.25, -0.2) is 9.78 Å². The van der Waals surface area contributed by atoms with Gasteiger partial charge in [0.1, 0.15) is 12.4 Å². The maximum Gasteiger partial charge on any atom is 0.338 e. The van der Waals surface area contributed by atoms with Crippen molar-refractivity contribution in [3.8, 4) is 5.82 Å². The summed E-state index contributed by atoms with van der Waals surface area (Å²) in [6.07, 6.45) is 2.91. The SMILES string of the molecule is COC(=O)c1cc(-n2cnnn2)ncc1C1CO1. The molecule has 1 aliphatic rings. The highest BCUT2D eigenvalue weighted by molar-refractivity contribution is 5.91. The quantitative estimate of drug-likeness (QED) is 0.552. The first-order chi connectivity index (χ1) is 8.79. The van der Waals surface area contributed by atoms with Gasteiger partial charge < -0.3 is 9.47 Å². The molecule has 1 fully saturated rings. The van der Waals surface area contributed by atoms with E-state index in [2.05, 4.69) is 20.5 Å². The van der Waals surface area contributed by atoms with E-state index in [1.165, 1.54) is 18.1 Å². The van der Waals surface area contributed by atoms with Crippen LogP contribution in [-0.4, -0.2) is 44.9 Å². The predicted octanol–water partition coefficient (Wildman–Crippen LogP) is -0.0848. The lowest BCUT2D eigenvalue weighted by Crippen LogP contribution is -2.09. The monoisotopic (exact) mass is 247 g/mol. The summed E-state index contributed by atoms with van der Waals surface area (Å²) >= 11 is 0. The first-order valence-corrected chi connectivity index (χ1v) is 5.23. The lowest BCUT2D eigenvalue weighted by atomic mass is 10.1. The Morgan fingerprint density at radius 2 is 2.44 bits per heavy atom. The molecule has 3 heterocycles. The van der Waals surface area contributed by atoms with Gasteiger partial charge in [0.05, 0.1) is 19.3 Å². The summed E-state index contributed by atoms with van der Waals surface area (Å²) < 4.78 is 11.3. The average molecular weight is 247 g/mol. The van der Waals surface area contributed by atoms with Gasteiger partial charge in [0.15, 0.2) is 5.82 Å². The van der Waals surface area contributed by atoms with E-state index >= 15 is 0 Å². The van der Waals surface area contributed by atoms with Gasteiger partial charge in [0.25, 0.3) is 0 Å². The highest BCUT2D eigenvalue weighted by Gasteiger charge is 2.30. The second kappa shape index (κ2) is 4.15. The first-order valence-electron chi connectivity index (χ1n) is 5.23. The zero-order valence-corrected chi connectivity index (χ0v) is 9.48. The third-order valence-electron chi connectivity index (χ3n) is 2.59. The van der Waals surface area contributed by atoms with Gasteiger partial charge in [-0.1, -0.05) is 0 Å². The molecule has 0 N–H and O–H groups in total. The Hall–Kier alpha value is -2.35. The number of carbonyl (C=O) groups excluding carboxylic acids is 1. The van der Waals surface area contributed by atoms with Crippen molar-refractivity contribution in [3.05, 3.63) is 29.7 Å². The fourth-order valence-corrected chi connectivity index (χ4v) is 1.62. The molecule has 1 unspecified atom stereocenters. The van der Waals surface area contributed by atoms with E-state index in [1.807, 2.05) is 0 Å². The molecule has 3 rings (SSSR count). The molecule has 0 aliphatic carbocycles. The highest BCUT2D eigenvalue weighted by Crippen LogP contribution is 2.32. The number of tetrazole rings is 1. The van der Waals surface area contributed by atoms with Crippen molar-refractivity contribution in [1.82, 2.24) is 25.2 Å². The molecular weight excluding hydrogens is 238 g/mol. The van der Waals surface area contributed by atoms with Crippen molar-refractivity contribution in [2.45, 2.75) is 6.10 Å². The number of ether oxygens (including phenoxy) is 2. The maximum atomic E-state index is 11.7. The van der Waals surface area contributed by atoms with Crippen molar-refractivity contribution in [1.29, 1.82) is 0 Å². The number of methoxy groups -OCH3 is 1. The molecule has 0 amide bonds. The summed E-state index contributed by atoms with van der Waals surface area (Å²) in [4.78, 5) is 15.9. The van der Waals surface area contributed by atoms with Gasteiger partial charge in [-0.15, -0.1) is 5.10 Å². The van der Waals surface area contributed by atoms with E-state index in [0.29, 0.717) is 18.0 Å². The Bertz CT molecular complexity index is 579. The second-order valence-electron chi connectivity index (χ2n) is 3.70. The Morgan fingerprint density at radius 1 is 1.61 bits per heavy atom. The molecule has 1 aliphatic heterocycles. The number of aromatic nitrogens is 5. The second-order valence-corrected chi connectivity index (χ2v) is 3.70. The number of esters is 1.